The molecule has 8 aromatic rings. The van der Waals surface area contributed by atoms with E-state index in [-0.39, 0.29) is 0 Å². The second-order valence-electron chi connectivity index (χ2n) is 10.6. The summed E-state index contributed by atoms with van der Waals surface area (Å²) in [5.74, 6) is 0. The average molecular weight is 554 g/mol. The number of fused-ring (bicyclic) bond motifs is 4. The summed E-state index contributed by atoms with van der Waals surface area (Å²) in [5.41, 5.74) is 8.35. The third-order valence-electron chi connectivity index (χ3n) is 8.06. The maximum absolute atomic E-state index is 2.35. The van der Waals surface area contributed by atoms with Crippen LogP contribution in [0.15, 0.2) is 164 Å². The van der Waals surface area contributed by atoms with Crippen LogP contribution in [0.3, 0.4) is 0 Å². The van der Waals surface area contributed by atoms with E-state index in [4.69, 9.17) is 0 Å². The van der Waals surface area contributed by atoms with E-state index in [1.54, 1.807) is 0 Å². The summed E-state index contributed by atoms with van der Waals surface area (Å²) in [6.07, 6.45) is 0. The van der Waals surface area contributed by atoms with Crippen molar-refractivity contribution in [3.05, 3.63) is 164 Å². The lowest BCUT2D eigenvalue weighted by Gasteiger charge is -2.26. The molecule has 0 N–H and O–H groups in total. The molecule has 0 amide bonds. The van der Waals surface area contributed by atoms with Crippen LogP contribution in [-0.2, 0) is 0 Å². The van der Waals surface area contributed by atoms with Gasteiger partial charge in [-0.2, -0.15) is 0 Å². The molecule has 42 heavy (non-hydrogen) atoms. The zero-order valence-corrected chi connectivity index (χ0v) is 23.8. The fraction of sp³-hybridized carbons (Fsp3) is 0. The molecule has 1 nitrogen and oxygen atoms in total. The number of thiophene rings is 1. The smallest absolute Gasteiger partial charge is 0.0467 e. The second-order valence-corrected chi connectivity index (χ2v) is 11.6. The fourth-order valence-electron chi connectivity index (χ4n) is 6.08. The molecule has 0 radical (unpaired) electrons. The Hall–Kier alpha value is -5.18. The molecule has 8 rings (SSSR count). The van der Waals surface area contributed by atoms with E-state index in [1.807, 2.05) is 11.3 Å². The van der Waals surface area contributed by atoms with Gasteiger partial charge in [-0.25, -0.2) is 0 Å². The van der Waals surface area contributed by atoms with Crippen LogP contribution in [0.1, 0.15) is 0 Å². The highest BCUT2D eigenvalue weighted by atomic mass is 32.1. The molecular formula is C40H27NS. The van der Waals surface area contributed by atoms with E-state index in [1.165, 1.54) is 53.2 Å². The summed E-state index contributed by atoms with van der Waals surface area (Å²) in [6.45, 7) is 0. The number of benzene rings is 7. The summed E-state index contributed by atoms with van der Waals surface area (Å²) in [5, 5.41) is 5.18. The maximum Gasteiger partial charge on any atom is 0.0467 e. The Labute approximate surface area is 249 Å². The molecule has 7 aromatic carbocycles. The quantitative estimate of drug-likeness (QED) is 0.205. The Bertz CT molecular complexity index is 2190. The van der Waals surface area contributed by atoms with Crippen LogP contribution in [0.2, 0.25) is 0 Å². The molecule has 0 spiro atoms. The summed E-state index contributed by atoms with van der Waals surface area (Å²) in [7, 11) is 0. The standard InChI is InChI=1S/C40H27NS/c1-2-14-31(15-3-1)41(33-16-8-13-30(27-33)35-19-9-12-28-11-4-5-17-34(28)35)32-25-23-29(24-26-32)36-20-10-21-38-37-18-6-7-22-39(37)42-40(36)38/h1-27H. The highest BCUT2D eigenvalue weighted by Gasteiger charge is 2.15. The number of rotatable bonds is 5. The molecule has 0 saturated carbocycles. The van der Waals surface area contributed by atoms with Gasteiger partial charge < -0.3 is 4.90 Å². The summed E-state index contributed by atoms with van der Waals surface area (Å²) in [4.78, 5) is 2.35. The van der Waals surface area contributed by atoms with Crippen molar-refractivity contribution in [2.75, 3.05) is 4.90 Å². The SMILES string of the molecule is c1ccc(N(c2ccc(-c3cccc4c3sc3ccccc34)cc2)c2cccc(-c3cccc4ccccc34)c2)cc1. The van der Waals surface area contributed by atoms with E-state index < -0.39 is 0 Å². The van der Waals surface area contributed by atoms with Gasteiger partial charge in [-0.05, 0) is 75.5 Å². The lowest BCUT2D eigenvalue weighted by Crippen LogP contribution is -2.09. The first kappa shape index (κ1) is 24.6. The molecule has 2 heteroatoms. The molecular weight excluding hydrogens is 527 g/mol. The average Bonchev–Trinajstić information content (AvgIpc) is 3.45. The monoisotopic (exact) mass is 553 g/mol. The molecule has 198 valence electrons. The van der Waals surface area contributed by atoms with Gasteiger partial charge in [0, 0.05) is 37.2 Å². The summed E-state index contributed by atoms with van der Waals surface area (Å²) >= 11 is 1.88. The first-order chi connectivity index (χ1) is 20.8. The zero-order valence-electron chi connectivity index (χ0n) is 22.9. The zero-order chi connectivity index (χ0) is 27.9. The molecule has 0 fully saturated rings. The number of para-hydroxylation sites is 1. The van der Waals surface area contributed by atoms with Crippen molar-refractivity contribution in [1.29, 1.82) is 0 Å². The minimum atomic E-state index is 1.13. The third kappa shape index (κ3) is 4.25. The Kier molecular flexibility index (Phi) is 6.05. The first-order valence-corrected chi connectivity index (χ1v) is 15.1. The van der Waals surface area contributed by atoms with Gasteiger partial charge in [0.05, 0.1) is 0 Å². The van der Waals surface area contributed by atoms with Crippen molar-refractivity contribution >= 4 is 59.3 Å². The minimum Gasteiger partial charge on any atom is -0.310 e. The van der Waals surface area contributed by atoms with Gasteiger partial charge in [0.15, 0.2) is 0 Å². The van der Waals surface area contributed by atoms with E-state index in [2.05, 4.69) is 169 Å². The number of anilines is 3. The summed E-state index contributed by atoms with van der Waals surface area (Å²) in [6, 6.07) is 59.1. The Morgan fingerprint density at radius 3 is 1.88 bits per heavy atom. The Morgan fingerprint density at radius 1 is 0.381 bits per heavy atom. The van der Waals surface area contributed by atoms with Crippen molar-refractivity contribution in [3.8, 4) is 22.3 Å². The molecule has 0 saturated heterocycles. The molecule has 0 aliphatic heterocycles. The van der Waals surface area contributed by atoms with Crippen LogP contribution in [0.4, 0.5) is 17.1 Å². The highest BCUT2D eigenvalue weighted by Crippen LogP contribution is 2.42. The van der Waals surface area contributed by atoms with Crippen LogP contribution in [0.5, 0.6) is 0 Å². The number of hydrogen-bond donors (Lipinski definition) is 0. The fourth-order valence-corrected chi connectivity index (χ4v) is 7.32. The molecule has 1 aromatic heterocycles. The lowest BCUT2D eigenvalue weighted by atomic mass is 9.97. The van der Waals surface area contributed by atoms with Gasteiger partial charge in [-0.3, -0.25) is 0 Å². The van der Waals surface area contributed by atoms with Gasteiger partial charge in [-0.15, -0.1) is 11.3 Å². The number of hydrogen-bond acceptors (Lipinski definition) is 2. The van der Waals surface area contributed by atoms with Gasteiger partial charge in [0.25, 0.3) is 0 Å². The van der Waals surface area contributed by atoms with Crippen LogP contribution in [0, 0.1) is 0 Å². The van der Waals surface area contributed by atoms with E-state index in [0.717, 1.165) is 17.1 Å². The van der Waals surface area contributed by atoms with Crippen molar-refractivity contribution in [2.45, 2.75) is 0 Å². The summed E-state index contributed by atoms with van der Waals surface area (Å²) < 4.78 is 2.67. The van der Waals surface area contributed by atoms with Crippen LogP contribution < -0.4 is 4.90 Å². The minimum absolute atomic E-state index is 1.13. The Balaban J connectivity index is 1.23. The van der Waals surface area contributed by atoms with Crippen molar-refractivity contribution in [1.82, 2.24) is 0 Å². The largest absolute Gasteiger partial charge is 0.310 e. The highest BCUT2D eigenvalue weighted by molar-refractivity contribution is 7.26. The normalized spacial score (nSPS) is 11.3. The van der Waals surface area contributed by atoms with Crippen LogP contribution >= 0.6 is 11.3 Å². The topological polar surface area (TPSA) is 3.24 Å². The van der Waals surface area contributed by atoms with Gasteiger partial charge in [-0.1, -0.05) is 121 Å². The molecule has 0 unspecified atom stereocenters. The predicted octanol–water partition coefficient (Wildman–Crippen LogP) is 12.0. The predicted molar refractivity (Wildman–Crippen MR) is 182 cm³/mol. The Morgan fingerprint density at radius 2 is 1.00 bits per heavy atom. The van der Waals surface area contributed by atoms with Crippen molar-refractivity contribution < 1.29 is 0 Å². The molecule has 0 atom stereocenters. The molecule has 1 heterocycles. The van der Waals surface area contributed by atoms with Gasteiger partial charge in [0.2, 0.25) is 0 Å². The van der Waals surface area contributed by atoms with Crippen LogP contribution in [-0.4, -0.2) is 0 Å². The van der Waals surface area contributed by atoms with Crippen molar-refractivity contribution in [3.63, 3.8) is 0 Å². The lowest BCUT2D eigenvalue weighted by molar-refractivity contribution is 1.28. The van der Waals surface area contributed by atoms with Gasteiger partial charge in [0.1, 0.15) is 0 Å². The van der Waals surface area contributed by atoms with E-state index in [9.17, 15) is 0 Å². The number of nitrogens with zero attached hydrogens (tertiary/aromatic N) is 1. The molecule has 0 aliphatic rings. The van der Waals surface area contributed by atoms with E-state index >= 15 is 0 Å². The maximum atomic E-state index is 2.35. The van der Waals surface area contributed by atoms with Crippen LogP contribution in [0.25, 0.3) is 53.2 Å². The van der Waals surface area contributed by atoms with E-state index in [0.29, 0.717) is 0 Å². The van der Waals surface area contributed by atoms with Crippen molar-refractivity contribution in [2.24, 2.45) is 0 Å². The molecule has 0 aliphatic carbocycles. The first-order valence-electron chi connectivity index (χ1n) is 14.3. The third-order valence-corrected chi connectivity index (χ3v) is 9.28. The second kappa shape index (κ2) is 10.3. The molecule has 0 bridgehead atoms. The van der Waals surface area contributed by atoms with Gasteiger partial charge >= 0.3 is 0 Å².